The van der Waals surface area contributed by atoms with Crippen LogP contribution in [0.5, 0.6) is 0 Å². The summed E-state index contributed by atoms with van der Waals surface area (Å²) in [6.45, 7) is 6.01. The molecule has 74 valence electrons. The number of nitrogens with two attached hydrogens (primary N) is 1. The van der Waals surface area contributed by atoms with Gasteiger partial charge in [-0.1, -0.05) is 12.2 Å². The highest BCUT2D eigenvalue weighted by molar-refractivity contribution is 5.83. The lowest BCUT2D eigenvalue weighted by atomic mass is 10.0. The maximum Gasteiger partial charge on any atom is 0.199 e. The van der Waals surface area contributed by atoms with Gasteiger partial charge in [-0.2, -0.15) is 4.99 Å². The van der Waals surface area contributed by atoms with Gasteiger partial charge in [0, 0.05) is 17.5 Å². The molecule has 2 rings (SSSR count). The average molecular weight is 190 g/mol. The molecule has 2 heterocycles. The maximum atomic E-state index is 5.60. The highest BCUT2D eigenvalue weighted by atomic mass is 15.2. The molecule has 4 nitrogen and oxygen atoms in total. The molecule has 0 saturated carbocycles. The molecule has 0 radical (unpaired) electrons. The Labute approximate surface area is 83.3 Å². The minimum absolute atomic E-state index is 0.397. The molecule has 4 N–H and O–H groups in total. The predicted octanol–water partition coefficient (Wildman–Crippen LogP) is 0.917. The number of hydrogen-bond acceptors (Lipinski definition) is 4. The first kappa shape index (κ1) is 8.87. The van der Waals surface area contributed by atoms with Crippen LogP contribution < -0.4 is 16.4 Å². The van der Waals surface area contributed by atoms with Crippen LogP contribution in [0.25, 0.3) is 0 Å². The van der Waals surface area contributed by atoms with Gasteiger partial charge in [-0.05, 0) is 19.8 Å². The van der Waals surface area contributed by atoms with E-state index in [0.29, 0.717) is 5.96 Å². The molecule has 0 aromatic heterocycles. The second-order valence-electron chi connectivity index (χ2n) is 3.56. The molecule has 2 aliphatic rings. The van der Waals surface area contributed by atoms with Crippen molar-refractivity contribution >= 4 is 5.96 Å². The molecule has 2 aliphatic heterocycles. The van der Waals surface area contributed by atoms with E-state index in [9.17, 15) is 0 Å². The Bertz CT molecular complexity index is 374. The van der Waals surface area contributed by atoms with Gasteiger partial charge in [0.1, 0.15) is 5.82 Å². The number of allylic oxidation sites excluding steroid dienone is 2. The minimum atomic E-state index is 0.397. The van der Waals surface area contributed by atoms with Gasteiger partial charge < -0.3 is 16.4 Å². The van der Waals surface area contributed by atoms with Crippen LogP contribution in [-0.4, -0.2) is 5.96 Å². The van der Waals surface area contributed by atoms with E-state index in [1.165, 1.54) is 5.57 Å². The van der Waals surface area contributed by atoms with Gasteiger partial charge in [-0.15, -0.1) is 0 Å². The quantitative estimate of drug-likeness (QED) is 0.532. The zero-order valence-electron chi connectivity index (χ0n) is 8.22. The lowest BCUT2D eigenvalue weighted by Crippen LogP contribution is -2.35. The van der Waals surface area contributed by atoms with Crippen LogP contribution in [0.1, 0.15) is 19.8 Å². The van der Waals surface area contributed by atoms with Crippen LogP contribution in [-0.2, 0) is 0 Å². The average Bonchev–Trinajstić information content (AvgIpc) is 2.28. The van der Waals surface area contributed by atoms with E-state index < -0.39 is 0 Å². The normalized spacial score (nSPS) is 21.4. The zero-order chi connectivity index (χ0) is 10.1. The number of guanidine groups is 1. The SMILES string of the molecule is C=C1NC(N)=NC2=C1CCC(C)=CN2. The van der Waals surface area contributed by atoms with Crippen molar-refractivity contribution in [3.05, 3.63) is 35.4 Å². The summed E-state index contributed by atoms with van der Waals surface area (Å²) in [5.74, 6) is 1.22. The number of nitrogens with zero attached hydrogens (tertiary/aromatic N) is 1. The summed E-state index contributed by atoms with van der Waals surface area (Å²) in [7, 11) is 0. The predicted molar refractivity (Wildman–Crippen MR) is 57.1 cm³/mol. The molecule has 0 fully saturated rings. The van der Waals surface area contributed by atoms with Crippen LogP contribution in [0.3, 0.4) is 0 Å². The Balaban J connectivity index is 2.35. The Morgan fingerprint density at radius 2 is 2.29 bits per heavy atom. The molecular formula is C10H14N4. The number of aliphatic imine (C=N–C) groups is 1. The van der Waals surface area contributed by atoms with Crippen molar-refractivity contribution in [3.63, 3.8) is 0 Å². The number of nitrogens with one attached hydrogen (secondary N) is 2. The Hall–Kier alpha value is -1.71. The van der Waals surface area contributed by atoms with E-state index in [-0.39, 0.29) is 0 Å². The lowest BCUT2D eigenvalue weighted by molar-refractivity contribution is 0.873. The largest absolute Gasteiger partial charge is 0.369 e. The summed E-state index contributed by atoms with van der Waals surface area (Å²) in [6, 6.07) is 0. The van der Waals surface area contributed by atoms with Crippen molar-refractivity contribution in [3.8, 4) is 0 Å². The van der Waals surface area contributed by atoms with E-state index in [2.05, 4.69) is 29.1 Å². The van der Waals surface area contributed by atoms with E-state index in [1.54, 1.807) is 0 Å². The molecule has 0 atom stereocenters. The van der Waals surface area contributed by atoms with Crippen molar-refractivity contribution in [1.29, 1.82) is 0 Å². The third kappa shape index (κ3) is 1.51. The Morgan fingerprint density at radius 1 is 1.50 bits per heavy atom. The first-order valence-corrected chi connectivity index (χ1v) is 4.62. The molecule has 14 heavy (non-hydrogen) atoms. The fraction of sp³-hybridized carbons (Fsp3) is 0.300. The molecule has 0 bridgehead atoms. The summed E-state index contributed by atoms with van der Waals surface area (Å²) in [4.78, 5) is 4.20. The van der Waals surface area contributed by atoms with Gasteiger partial charge in [0.2, 0.25) is 0 Å². The van der Waals surface area contributed by atoms with Crippen molar-refractivity contribution in [2.24, 2.45) is 10.7 Å². The first-order chi connectivity index (χ1) is 6.66. The van der Waals surface area contributed by atoms with Crippen molar-refractivity contribution in [2.75, 3.05) is 0 Å². The molecule has 0 unspecified atom stereocenters. The molecule has 0 spiro atoms. The standard InChI is InChI=1S/C10H14N4/c1-6-3-4-8-7(2)13-10(11)14-9(8)12-5-6/h5,12H,2-4H2,1H3,(H3,11,13,14). The Morgan fingerprint density at radius 3 is 3.07 bits per heavy atom. The molecule has 0 saturated heterocycles. The number of rotatable bonds is 0. The molecular weight excluding hydrogens is 176 g/mol. The third-order valence-electron chi connectivity index (χ3n) is 2.39. The highest BCUT2D eigenvalue weighted by Gasteiger charge is 2.17. The van der Waals surface area contributed by atoms with Gasteiger partial charge in [-0.25, -0.2) is 0 Å². The Kier molecular flexibility index (Phi) is 2.04. The zero-order valence-corrected chi connectivity index (χ0v) is 8.22. The van der Waals surface area contributed by atoms with Gasteiger partial charge in [0.25, 0.3) is 0 Å². The smallest absolute Gasteiger partial charge is 0.199 e. The van der Waals surface area contributed by atoms with Gasteiger partial charge in [0.15, 0.2) is 5.96 Å². The topological polar surface area (TPSA) is 62.4 Å². The fourth-order valence-corrected chi connectivity index (χ4v) is 1.56. The first-order valence-electron chi connectivity index (χ1n) is 4.62. The van der Waals surface area contributed by atoms with Gasteiger partial charge in [-0.3, -0.25) is 0 Å². The second-order valence-corrected chi connectivity index (χ2v) is 3.56. The van der Waals surface area contributed by atoms with E-state index in [0.717, 1.165) is 29.9 Å². The molecule has 0 aromatic carbocycles. The summed E-state index contributed by atoms with van der Waals surface area (Å²) >= 11 is 0. The molecule has 0 aliphatic carbocycles. The van der Waals surface area contributed by atoms with Crippen molar-refractivity contribution in [1.82, 2.24) is 10.6 Å². The summed E-state index contributed by atoms with van der Waals surface area (Å²) in [6.07, 6.45) is 3.95. The highest BCUT2D eigenvalue weighted by Crippen LogP contribution is 2.24. The maximum absolute atomic E-state index is 5.60. The van der Waals surface area contributed by atoms with E-state index in [4.69, 9.17) is 5.73 Å². The molecule has 4 heteroatoms. The van der Waals surface area contributed by atoms with E-state index in [1.807, 2.05) is 6.20 Å². The lowest BCUT2D eigenvalue weighted by Gasteiger charge is -2.19. The van der Waals surface area contributed by atoms with Crippen LogP contribution in [0.4, 0.5) is 0 Å². The second kappa shape index (κ2) is 3.21. The van der Waals surface area contributed by atoms with Crippen LogP contribution in [0, 0.1) is 0 Å². The van der Waals surface area contributed by atoms with Crippen molar-refractivity contribution in [2.45, 2.75) is 19.8 Å². The summed E-state index contributed by atoms with van der Waals surface area (Å²) < 4.78 is 0. The van der Waals surface area contributed by atoms with Gasteiger partial charge >= 0.3 is 0 Å². The fourth-order valence-electron chi connectivity index (χ4n) is 1.56. The van der Waals surface area contributed by atoms with E-state index >= 15 is 0 Å². The van der Waals surface area contributed by atoms with Crippen molar-refractivity contribution < 1.29 is 0 Å². The van der Waals surface area contributed by atoms with Gasteiger partial charge in [0.05, 0.1) is 0 Å². The monoisotopic (exact) mass is 190 g/mol. The van der Waals surface area contributed by atoms with Crippen LogP contribution in [0.2, 0.25) is 0 Å². The third-order valence-corrected chi connectivity index (χ3v) is 2.39. The summed E-state index contributed by atoms with van der Waals surface area (Å²) in [5.41, 5.74) is 8.88. The summed E-state index contributed by atoms with van der Waals surface area (Å²) in [5, 5.41) is 6.08. The number of hydrogen-bond donors (Lipinski definition) is 3. The van der Waals surface area contributed by atoms with Crippen LogP contribution >= 0.6 is 0 Å². The minimum Gasteiger partial charge on any atom is -0.369 e. The molecule has 0 amide bonds. The van der Waals surface area contributed by atoms with Crippen LogP contribution in [0.15, 0.2) is 40.4 Å². The molecule has 0 aromatic rings.